The molecule has 0 amide bonds. The van der Waals surface area contributed by atoms with Crippen LogP contribution < -0.4 is 5.56 Å². The number of fused-ring (bicyclic) bond motifs is 1. The summed E-state index contributed by atoms with van der Waals surface area (Å²) in [5.41, 5.74) is 4.37. The van der Waals surface area contributed by atoms with Crippen LogP contribution in [0.3, 0.4) is 0 Å². The Balaban J connectivity index is 2.29. The van der Waals surface area contributed by atoms with Crippen molar-refractivity contribution in [2.75, 3.05) is 0 Å². The zero-order valence-electron chi connectivity index (χ0n) is 13.5. The van der Waals surface area contributed by atoms with Gasteiger partial charge in [-0.15, -0.1) is 0 Å². The van der Waals surface area contributed by atoms with Crippen molar-refractivity contribution in [3.63, 3.8) is 0 Å². The molecular weight excluding hydrogens is 278 g/mol. The molecule has 0 radical (unpaired) electrons. The molecule has 3 rings (SSSR count). The number of aryl methyl sites for hydroxylation is 4. The van der Waals surface area contributed by atoms with Crippen LogP contribution in [0.4, 0.5) is 0 Å². The van der Waals surface area contributed by atoms with Crippen molar-refractivity contribution in [2.45, 2.75) is 40.2 Å². The molecule has 1 N–H and O–H groups in total. The molecule has 6 nitrogen and oxygen atoms in total. The highest BCUT2D eigenvalue weighted by molar-refractivity contribution is 5.93. The van der Waals surface area contributed by atoms with Crippen molar-refractivity contribution in [2.24, 2.45) is 7.05 Å². The lowest BCUT2D eigenvalue weighted by Gasteiger charge is -2.05. The third kappa shape index (κ3) is 2.34. The van der Waals surface area contributed by atoms with Gasteiger partial charge in [-0.05, 0) is 26.3 Å². The lowest BCUT2D eigenvalue weighted by Crippen LogP contribution is -2.09. The summed E-state index contributed by atoms with van der Waals surface area (Å²) in [5, 5.41) is 9.99. The molecule has 0 aromatic carbocycles. The van der Waals surface area contributed by atoms with Crippen molar-refractivity contribution in [1.82, 2.24) is 24.5 Å². The summed E-state index contributed by atoms with van der Waals surface area (Å²) in [6.07, 6.45) is 2.12. The van der Waals surface area contributed by atoms with Crippen LogP contribution in [0.15, 0.2) is 16.9 Å². The fourth-order valence-corrected chi connectivity index (χ4v) is 2.92. The molecule has 0 unspecified atom stereocenters. The summed E-state index contributed by atoms with van der Waals surface area (Å²) in [6.45, 7) is 6.89. The van der Waals surface area contributed by atoms with Gasteiger partial charge >= 0.3 is 0 Å². The van der Waals surface area contributed by atoms with E-state index in [2.05, 4.69) is 22.1 Å². The van der Waals surface area contributed by atoms with Crippen LogP contribution in [0.1, 0.15) is 31.2 Å². The number of aromatic amines is 1. The molecular formula is C16H21N5O. The summed E-state index contributed by atoms with van der Waals surface area (Å²) < 4.78 is 3.72. The van der Waals surface area contributed by atoms with Gasteiger partial charge in [0.05, 0.1) is 17.1 Å². The van der Waals surface area contributed by atoms with E-state index in [-0.39, 0.29) is 5.56 Å². The number of pyridine rings is 1. The normalized spacial score (nSPS) is 11.5. The SMILES string of the molecule is CCCCn1nc(C)c2c(-c3cc(C)nn3C)cc(=O)[nH]c21. The Morgan fingerprint density at radius 3 is 2.64 bits per heavy atom. The number of nitrogens with one attached hydrogen (secondary N) is 1. The van der Waals surface area contributed by atoms with Gasteiger partial charge in [-0.25, -0.2) is 4.68 Å². The minimum atomic E-state index is -0.112. The van der Waals surface area contributed by atoms with E-state index in [0.717, 1.165) is 53.1 Å². The largest absolute Gasteiger partial charge is 0.307 e. The second-order valence-corrected chi connectivity index (χ2v) is 5.73. The third-order valence-corrected chi connectivity index (χ3v) is 3.92. The smallest absolute Gasteiger partial charge is 0.250 e. The average molecular weight is 299 g/mol. The van der Waals surface area contributed by atoms with E-state index < -0.39 is 0 Å². The minimum absolute atomic E-state index is 0.112. The average Bonchev–Trinajstić information content (AvgIpc) is 2.95. The molecule has 3 aromatic heterocycles. The maximum Gasteiger partial charge on any atom is 0.250 e. The summed E-state index contributed by atoms with van der Waals surface area (Å²) in [5.74, 6) is 0. The van der Waals surface area contributed by atoms with Crippen molar-refractivity contribution < 1.29 is 0 Å². The van der Waals surface area contributed by atoms with Crippen LogP contribution in [0.25, 0.3) is 22.3 Å². The van der Waals surface area contributed by atoms with E-state index >= 15 is 0 Å². The third-order valence-electron chi connectivity index (χ3n) is 3.92. The van der Waals surface area contributed by atoms with Crippen LogP contribution in [0, 0.1) is 13.8 Å². The topological polar surface area (TPSA) is 68.5 Å². The summed E-state index contributed by atoms with van der Waals surface area (Å²) >= 11 is 0. The maximum atomic E-state index is 12.1. The molecule has 0 fully saturated rings. The van der Waals surface area contributed by atoms with Gasteiger partial charge < -0.3 is 4.98 Å². The van der Waals surface area contributed by atoms with Crippen LogP contribution in [0.2, 0.25) is 0 Å². The first-order valence-corrected chi connectivity index (χ1v) is 7.62. The number of unbranched alkanes of at least 4 members (excludes halogenated alkanes) is 1. The quantitative estimate of drug-likeness (QED) is 0.805. The van der Waals surface area contributed by atoms with E-state index in [4.69, 9.17) is 0 Å². The van der Waals surface area contributed by atoms with Gasteiger partial charge in [0.25, 0.3) is 0 Å². The second kappa shape index (κ2) is 5.44. The summed E-state index contributed by atoms with van der Waals surface area (Å²) in [7, 11) is 1.90. The molecule has 0 bridgehead atoms. The zero-order chi connectivity index (χ0) is 15.9. The van der Waals surface area contributed by atoms with Crippen molar-refractivity contribution in [3.05, 3.63) is 33.9 Å². The lowest BCUT2D eigenvalue weighted by molar-refractivity contribution is 0.580. The molecule has 3 heterocycles. The molecule has 3 aromatic rings. The van der Waals surface area contributed by atoms with Crippen LogP contribution in [0.5, 0.6) is 0 Å². The van der Waals surface area contributed by atoms with E-state index in [0.29, 0.717) is 0 Å². The molecule has 0 aliphatic heterocycles. The van der Waals surface area contributed by atoms with Crippen molar-refractivity contribution >= 4 is 11.0 Å². The number of H-pyrrole nitrogens is 1. The number of hydrogen-bond donors (Lipinski definition) is 1. The predicted octanol–water partition coefficient (Wildman–Crippen LogP) is 2.54. The summed E-state index contributed by atoms with van der Waals surface area (Å²) in [4.78, 5) is 15.0. The van der Waals surface area contributed by atoms with Gasteiger partial charge in [0.1, 0.15) is 5.65 Å². The van der Waals surface area contributed by atoms with Crippen molar-refractivity contribution in [1.29, 1.82) is 0 Å². The molecule has 0 atom stereocenters. The van der Waals surface area contributed by atoms with Crippen LogP contribution in [-0.4, -0.2) is 24.5 Å². The standard InChI is InChI=1S/C16H21N5O/c1-5-6-7-21-16-15(11(3)19-21)12(9-14(22)17-16)13-8-10(2)18-20(13)4/h8-9H,5-7H2,1-4H3,(H,17,22). The number of nitrogens with zero attached hydrogens (tertiary/aromatic N) is 4. The summed E-state index contributed by atoms with van der Waals surface area (Å²) in [6, 6.07) is 3.63. The zero-order valence-corrected chi connectivity index (χ0v) is 13.5. The highest BCUT2D eigenvalue weighted by Crippen LogP contribution is 2.29. The van der Waals surface area contributed by atoms with Crippen molar-refractivity contribution in [3.8, 4) is 11.3 Å². The molecule has 0 aliphatic carbocycles. The number of hydrogen-bond acceptors (Lipinski definition) is 3. The van der Waals surface area contributed by atoms with Crippen LogP contribution >= 0.6 is 0 Å². The Morgan fingerprint density at radius 2 is 2.00 bits per heavy atom. The Morgan fingerprint density at radius 1 is 1.23 bits per heavy atom. The molecule has 116 valence electrons. The lowest BCUT2D eigenvalue weighted by atomic mass is 10.1. The van der Waals surface area contributed by atoms with Gasteiger partial charge in [0, 0.05) is 30.6 Å². The van der Waals surface area contributed by atoms with Gasteiger partial charge in [0.15, 0.2) is 0 Å². The molecule has 6 heteroatoms. The van der Waals surface area contributed by atoms with Gasteiger partial charge in [-0.3, -0.25) is 9.48 Å². The minimum Gasteiger partial charge on any atom is -0.307 e. The number of rotatable bonds is 4. The van der Waals surface area contributed by atoms with E-state index in [9.17, 15) is 4.79 Å². The van der Waals surface area contributed by atoms with E-state index in [1.165, 1.54) is 0 Å². The molecule has 22 heavy (non-hydrogen) atoms. The Bertz CT molecular complexity index is 884. The highest BCUT2D eigenvalue weighted by Gasteiger charge is 2.17. The van der Waals surface area contributed by atoms with Crippen LogP contribution in [-0.2, 0) is 13.6 Å². The number of aromatic nitrogens is 5. The fraction of sp³-hybridized carbons (Fsp3) is 0.438. The first kappa shape index (κ1) is 14.6. The highest BCUT2D eigenvalue weighted by atomic mass is 16.1. The van der Waals surface area contributed by atoms with Gasteiger partial charge in [0.2, 0.25) is 5.56 Å². The Labute approximate surface area is 128 Å². The van der Waals surface area contributed by atoms with E-state index in [1.807, 2.05) is 36.3 Å². The molecule has 0 saturated carbocycles. The Kier molecular flexibility index (Phi) is 3.60. The van der Waals surface area contributed by atoms with Gasteiger partial charge in [-0.1, -0.05) is 13.3 Å². The maximum absolute atomic E-state index is 12.1. The molecule has 0 aliphatic rings. The van der Waals surface area contributed by atoms with E-state index in [1.54, 1.807) is 6.07 Å². The first-order valence-electron chi connectivity index (χ1n) is 7.62. The first-order chi connectivity index (χ1) is 10.5. The van der Waals surface area contributed by atoms with Gasteiger partial charge in [-0.2, -0.15) is 10.2 Å². The second-order valence-electron chi connectivity index (χ2n) is 5.73. The monoisotopic (exact) mass is 299 g/mol. The Hall–Kier alpha value is -2.37. The predicted molar refractivity (Wildman–Crippen MR) is 86.9 cm³/mol. The molecule has 0 spiro atoms. The fourth-order valence-electron chi connectivity index (χ4n) is 2.92. The molecule has 0 saturated heterocycles.